The highest BCUT2D eigenvalue weighted by Gasteiger charge is 2.18. The Morgan fingerprint density at radius 2 is 2.05 bits per heavy atom. The molecule has 2 rings (SSSR count). The molecule has 0 aliphatic heterocycles. The van der Waals surface area contributed by atoms with E-state index in [1.165, 1.54) is 10.4 Å². The van der Waals surface area contributed by atoms with Crippen molar-refractivity contribution in [3.05, 3.63) is 51.2 Å². The molecule has 1 aromatic heterocycles. The molecule has 20 heavy (non-hydrogen) atoms. The summed E-state index contributed by atoms with van der Waals surface area (Å²) in [6, 6.07) is 10.8. The lowest BCUT2D eigenvalue weighted by Crippen LogP contribution is -2.31. The normalized spacial score (nSPS) is 11.1. The zero-order valence-electron chi connectivity index (χ0n) is 12.2. The maximum absolute atomic E-state index is 6.48. The molecule has 0 saturated carbocycles. The second-order valence-electron chi connectivity index (χ2n) is 5.08. The molecule has 1 aromatic carbocycles. The average Bonchev–Trinajstić information content (AvgIpc) is 2.90. The predicted molar refractivity (Wildman–Crippen MR) is 89.9 cm³/mol. The number of nitrogens with zero attached hydrogens (tertiary/aromatic N) is 1. The molecule has 0 unspecified atom stereocenters. The summed E-state index contributed by atoms with van der Waals surface area (Å²) in [6.07, 6.45) is 0. The zero-order chi connectivity index (χ0) is 14.5. The van der Waals surface area contributed by atoms with E-state index in [0.29, 0.717) is 6.04 Å². The van der Waals surface area contributed by atoms with Gasteiger partial charge in [-0.05, 0) is 44.0 Å². The SMILES string of the molecule is CNCc1cccc(Cl)c1N(Cc1cccs1)C(C)C. The largest absolute Gasteiger partial charge is 0.362 e. The number of halogens is 1. The van der Waals surface area contributed by atoms with E-state index >= 15 is 0 Å². The first-order valence-corrected chi connectivity index (χ1v) is 8.10. The molecular formula is C16H21ClN2S. The molecule has 2 aromatic rings. The Balaban J connectivity index is 2.38. The maximum Gasteiger partial charge on any atom is 0.0643 e. The topological polar surface area (TPSA) is 15.3 Å². The van der Waals surface area contributed by atoms with Crippen molar-refractivity contribution in [1.82, 2.24) is 5.32 Å². The van der Waals surface area contributed by atoms with Gasteiger partial charge in [0.1, 0.15) is 0 Å². The summed E-state index contributed by atoms with van der Waals surface area (Å²) in [6.45, 7) is 6.14. The zero-order valence-corrected chi connectivity index (χ0v) is 13.8. The summed E-state index contributed by atoms with van der Waals surface area (Å²) in [7, 11) is 1.96. The van der Waals surface area contributed by atoms with Crippen molar-refractivity contribution in [3.63, 3.8) is 0 Å². The molecule has 0 bridgehead atoms. The van der Waals surface area contributed by atoms with Crippen LogP contribution in [0, 0.1) is 0 Å². The summed E-state index contributed by atoms with van der Waals surface area (Å²) in [5, 5.41) is 6.16. The second kappa shape index (κ2) is 7.11. The van der Waals surface area contributed by atoms with Gasteiger partial charge < -0.3 is 10.2 Å². The third-order valence-corrected chi connectivity index (χ3v) is 4.42. The summed E-state index contributed by atoms with van der Waals surface area (Å²) >= 11 is 8.27. The minimum Gasteiger partial charge on any atom is -0.362 e. The van der Waals surface area contributed by atoms with Crippen LogP contribution in [-0.2, 0) is 13.1 Å². The number of thiophene rings is 1. The molecule has 0 spiro atoms. The Labute approximate surface area is 130 Å². The quantitative estimate of drug-likeness (QED) is 0.843. The van der Waals surface area contributed by atoms with Crippen LogP contribution in [-0.4, -0.2) is 13.1 Å². The minimum absolute atomic E-state index is 0.396. The summed E-state index contributed by atoms with van der Waals surface area (Å²) in [4.78, 5) is 3.73. The predicted octanol–water partition coefficient (Wildman–Crippen LogP) is 4.54. The van der Waals surface area contributed by atoms with Gasteiger partial charge in [0.2, 0.25) is 0 Å². The van der Waals surface area contributed by atoms with Crippen molar-refractivity contribution >= 4 is 28.6 Å². The van der Waals surface area contributed by atoms with Gasteiger partial charge in [-0.25, -0.2) is 0 Å². The molecule has 2 nitrogen and oxygen atoms in total. The van der Waals surface area contributed by atoms with Gasteiger partial charge >= 0.3 is 0 Å². The molecule has 4 heteroatoms. The molecule has 0 radical (unpaired) electrons. The van der Waals surface area contributed by atoms with Crippen molar-refractivity contribution in [2.24, 2.45) is 0 Å². The van der Waals surface area contributed by atoms with Crippen LogP contribution >= 0.6 is 22.9 Å². The van der Waals surface area contributed by atoms with E-state index in [1.807, 2.05) is 19.2 Å². The van der Waals surface area contributed by atoms with Gasteiger partial charge in [-0.15, -0.1) is 11.3 Å². The Morgan fingerprint density at radius 3 is 2.65 bits per heavy atom. The third kappa shape index (κ3) is 3.54. The molecule has 1 N–H and O–H groups in total. The fourth-order valence-electron chi connectivity index (χ4n) is 2.31. The Morgan fingerprint density at radius 1 is 1.25 bits per heavy atom. The molecule has 0 amide bonds. The summed E-state index contributed by atoms with van der Waals surface area (Å²) in [5.41, 5.74) is 2.39. The lowest BCUT2D eigenvalue weighted by atomic mass is 10.1. The van der Waals surface area contributed by atoms with Gasteiger partial charge in [0.25, 0.3) is 0 Å². The van der Waals surface area contributed by atoms with Crippen molar-refractivity contribution in [2.75, 3.05) is 11.9 Å². The summed E-state index contributed by atoms with van der Waals surface area (Å²) < 4.78 is 0. The van der Waals surface area contributed by atoms with E-state index in [0.717, 1.165) is 23.8 Å². The number of nitrogens with one attached hydrogen (secondary N) is 1. The van der Waals surface area contributed by atoms with Gasteiger partial charge in [-0.3, -0.25) is 0 Å². The first-order chi connectivity index (χ1) is 9.63. The van der Waals surface area contributed by atoms with E-state index < -0.39 is 0 Å². The van der Waals surface area contributed by atoms with Crippen LogP contribution < -0.4 is 10.2 Å². The summed E-state index contributed by atoms with van der Waals surface area (Å²) in [5.74, 6) is 0. The molecule has 0 atom stereocenters. The number of rotatable bonds is 6. The smallest absolute Gasteiger partial charge is 0.0643 e. The third-order valence-electron chi connectivity index (χ3n) is 3.25. The Kier molecular flexibility index (Phi) is 5.46. The molecule has 108 valence electrons. The first-order valence-electron chi connectivity index (χ1n) is 6.84. The van der Waals surface area contributed by atoms with Crippen molar-refractivity contribution < 1.29 is 0 Å². The van der Waals surface area contributed by atoms with Crippen LogP contribution in [0.5, 0.6) is 0 Å². The van der Waals surface area contributed by atoms with Crippen LogP contribution in [0.3, 0.4) is 0 Å². The average molecular weight is 309 g/mol. The van der Waals surface area contributed by atoms with Gasteiger partial charge in [-0.2, -0.15) is 0 Å². The van der Waals surface area contributed by atoms with Crippen molar-refractivity contribution in [2.45, 2.75) is 33.0 Å². The molecular weight excluding hydrogens is 288 g/mol. The van der Waals surface area contributed by atoms with Crippen LogP contribution in [0.4, 0.5) is 5.69 Å². The van der Waals surface area contributed by atoms with E-state index in [4.69, 9.17) is 11.6 Å². The number of hydrogen-bond acceptors (Lipinski definition) is 3. The van der Waals surface area contributed by atoms with Crippen LogP contribution in [0.15, 0.2) is 35.7 Å². The van der Waals surface area contributed by atoms with Crippen LogP contribution in [0.25, 0.3) is 0 Å². The lowest BCUT2D eigenvalue weighted by molar-refractivity contribution is 0.679. The number of benzene rings is 1. The monoisotopic (exact) mass is 308 g/mol. The maximum atomic E-state index is 6.48. The van der Waals surface area contributed by atoms with Gasteiger partial charge in [-0.1, -0.05) is 29.8 Å². The van der Waals surface area contributed by atoms with Crippen molar-refractivity contribution in [1.29, 1.82) is 0 Å². The van der Waals surface area contributed by atoms with Crippen LogP contribution in [0.2, 0.25) is 5.02 Å². The number of anilines is 1. The molecule has 0 saturated heterocycles. The molecule has 0 fully saturated rings. The molecule has 0 aliphatic carbocycles. The van der Waals surface area contributed by atoms with E-state index in [2.05, 4.69) is 47.6 Å². The van der Waals surface area contributed by atoms with Gasteiger partial charge in [0.05, 0.1) is 17.3 Å². The highest BCUT2D eigenvalue weighted by Crippen LogP contribution is 2.33. The fourth-order valence-corrected chi connectivity index (χ4v) is 3.31. The van der Waals surface area contributed by atoms with Crippen molar-refractivity contribution in [3.8, 4) is 0 Å². The molecule has 0 aliphatic rings. The lowest BCUT2D eigenvalue weighted by Gasteiger charge is -2.31. The van der Waals surface area contributed by atoms with Gasteiger partial charge in [0.15, 0.2) is 0 Å². The standard InChI is InChI=1S/C16H21ClN2S/c1-12(2)19(11-14-7-5-9-20-14)16-13(10-18-3)6-4-8-15(16)17/h4-9,12,18H,10-11H2,1-3H3. The van der Waals surface area contributed by atoms with E-state index in [1.54, 1.807) is 11.3 Å². The highest BCUT2D eigenvalue weighted by atomic mass is 35.5. The van der Waals surface area contributed by atoms with Gasteiger partial charge in [0, 0.05) is 17.5 Å². The minimum atomic E-state index is 0.396. The second-order valence-corrected chi connectivity index (χ2v) is 6.52. The Bertz CT molecular complexity index is 537. The Hall–Kier alpha value is -1.03. The van der Waals surface area contributed by atoms with E-state index in [9.17, 15) is 0 Å². The molecule has 1 heterocycles. The van der Waals surface area contributed by atoms with Crippen LogP contribution in [0.1, 0.15) is 24.3 Å². The fraction of sp³-hybridized carbons (Fsp3) is 0.375. The highest BCUT2D eigenvalue weighted by molar-refractivity contribution is 7.09. The number of hydrogen-bond donors (Lipinski definition) is 1. The number of para-hydroxylation sites is 1. The first kappa shape index (κ1) is 15.4. The van der Waals surface area contributed by atoms with E-state index in [-0.39, 0.29) is 0 Å².